The molecule has 0 N–H and O–H groups in total. The van der Waals surface area contributed by atoms with Crippen LogP contribution in [0.4, 0.5) is 4.39 Å². The van der Waals surface area contributed by atoms with Crippen LogP contribution >= 0.6 is 0 Å². The number of benzene rings is 4. The van der Waals surface area contributed by atoms with Crippen LogP contribution in [-0.4, -0.2) is 0 Å². The topological polar surface area (TPSA) is 0 Å². The number of rotatable bonds is 12. The Morgan fingerprint density at radius 2 is 1.11 bits per heavy atom. The van der Waals surface area contributed by atoms with E-state index in [9.17, 15) is 0 Å². The molecule has 0 aliphatic rings. The molecule has 4 aromatic carbocycles. The first-order chi connectivity index (χ1) is 18.7. The Bertz CT molecular complexity index is 1350. The van der Waals surface area contributed by atoms with Gasteiger partial charge >= 0.3 is 0 Å². The summed E-state index contributed by atoms with van der Waals surface area (Å²) in [5.41, 5.74) is 6.73. The van der Waals surface area contributed by atoms with Crippen molar-refractivity contribution in [1.82, 2.24) is 0 Å². The summed E-state index contributed by atoms with van der Waals surface area (Å²) in [7, 11) is 0. The number of hydrogen-bond acceptors (Lipinski definition) is 0. The lowest BCUT2D eigenvalue weighted by atomic mass is 9.98. The molecule has 196 valence electrons. The van der Waals surface area contributed by atoms with Gasteiger partial charge in [0.15, 0.2) is 0 Å². The zero-order chi connectivity index (χ0) is 26.6. The van der Waals surface area contributed by atoms with Crippen molar-refractivity contribution >= 4 is 10.8 Å². The van der Waals surface area contributed by atoms with Gasteiger partial charge in [0.2, 0.25) is 0 Å². The summed E-state index contributed by atoms with van der Waals surface area (Å²) in [6, 6.07) is 27.3. The lowest BCUT2D eigenvalue weighted by molar-refractivity contribution is 0.632. The third-order valence-electron chi connectivity index (χ3n) is 7.43. The Hall–Kier alpha value is -3.37. The van der Waals surface area contributed by atoms with E-state index in [1.165, 1.54) is 73.6 Å². The van der Waals surface area contributed by atoms with Crippen molar-refractivity contribution in [3.05, 3.63) is 118 Å². The first-order valence-corrected chi connectivity index (χ1v) is 14.6. The largest absolute Gasteiger partial charge is 0.205 e. The molecule has 0 spiro atoms. The molecule has 0 bridgehead atoms. The van der Waals surface area contributed by atoms with Gasteiger partial charge in [-0.25, -0.2) is 4.39 Å². The number of hydrogen-bond donors (Lipinski definition) is 0. The van der Waals surface area contributed by atoms with Gasteiger partial charge in [-0.15, -0.1) is 0 Å². The molecule has 0 amide bonds. The van der Waals surface area contributed by atoms with E-state index in [1.807, 2.05) is 30.3 Å². The molecule has 0 fully saturated rings. The number of halogens is 1. The van der Waals surface area contributed by atoms with Gasteiger partial charge in [0.25, 0.3) is 0 Å². The van der Waals surface area contributed by atoms with Gasteiger partial charge in [0, 0.05) is 10.9 Å². The zero-order valence-corrected chi connectivity index (χ0v) is 23.2. The number of fused-ring (bicyclic) bond motifs is 1. The van der Waals surface area contributed by atoms with Gasteiger partial charge in [0.05, 0.1) is 5.56 Å². The molecule has 0 saturated carbocycles. The molecule has 38 heavy (non-hydrogen) atoms. The minimum absolute atomic E-state index is 0.230. The van der Waals surface area contributed by atoms with Crippen LogP contribution in [-0.2, 0) is 25.7 Å². The van der Waals surface area contributed by atoms with E-state index < -0.39 is 0 Å². The highest BCUT2D eigenvalue weighted by molar-refractivity contribution is 5.85. The lowest BCUT2D eigenvalue weighted by Gasteiger charge is -2.07. The monoisotopic (exact) mass is 504 g/mol. The van der Waals surface area contributed by atoms with Crippen molar-refractivity contribution < 1.29 is 4.39 Å². The van der Waals surface area contributed by atoms with Crippen molar-refractivity contribution in [1.29, 1.82) is 0 Å². The first kappa shape index (κ1) is 27.7. The molecule has 1 heteroatoms. The average Bonchev–Trinajstić information content (AvgIpc) is 2.95. The Kier molecular flexibility index (Phi) is 10.6. The second kappa shape index (κ2) is 14.5. The predicted octanol–water partition coefficient (Wildman–Crippen LogP) is 10.0. The Labute approximate surface area is 229 Å². The minimum atomic E-state index is -0.230. The summed E-state index contributed by atoms with van der Waals surface area (Å²) in [5, 5.41) is 1.57. The van der Waals surface area contributed by atoms with E-state index in [0.29, 0.717) is 10.9 Å². The van der Waals surface area contributed by atoms with Crippen LogP contribution in [0.5, 0.6) is 0 Å². The van der Waals surface area contributed by atoms with Crippen LogP contribution in [0.3, 0.4) is 0 Å². The van der Waals surface area contributed by atoms with Gasteiger partial charge in [-0.1, -0.05) is 118 Å². The second-order valence-corrected chi connectivity index (χ2v) is 10.5. The Morgan fingerprint density at radius 3 is 1.82 bits per heavy atom. The zero-order valence-electron chi connectivity index (χ0n) is 23.2. The highest BCUT2D eigenvalue weighted by Gasteiger charge is 2.07. The van der Waals surface area contributed by atoms with E-state index in [4.69, 9.17) is 0 Å². The van der Waals surface area contributed by atoms with E-state index in [2.05, 4.69) is 74.2 Å². The molecule has 0 heterocycles. The predicted molar refractivity (Wildman–Crippen MR) is 161 cm³/mol. The van der Waals surface area contributed by atoms with Crippen LogP contribution in [0.2, 0.25) is 0 Å². The fraction of sp³-hybridized carbons (Fsp3) is 0.351. The van der Waals surface area contributed by atoms with Gasteiger partial charge < -0.3 is 0 Å². The summed E-state index contributed by atoms with van der Waals surface area (Å²) in [5.74, 6) is 5.95. The maximum atomic E-state index is 15.2. The van der Waals surface area contributed by atoms with E-state index in [0.717, 1.165) is 30.2 Å². The SMILES string of the molecule is CCCCCCCc1ccc(CCc2ccc3c(F)c(C#Cc4ccc(CCCC)cc4)ccc3c2)cc1. The van der Waals surface area contributed by atoms with Gasteiger partial charge in [0.1, 0.15) is 5.82 Å². The molecule has 0 aliphatic carbocycles. The maximum Gasteiger partial charge on any atom is 0.146 e. The molecular weight excluding hydrogens is 463 g/mol. The summed E-state index contributed by atoms with van der Waals surface area (Å²) in [6.07, 6.45) is 13.2. The first-order valence-electron chi connectivity index (χ1n) is 14.6. The van der Waals surface area contributed by atoms with Crippen LogP contribution in [0.1, 0.15) is 92.2 Å². The van der Waals surface area contributed by atoms with E-state index >= 15 is 4.39 Å². The van der Waals surface area contributed by atoms with E-state index in [1.54, 1.807) is 0 Å². The molecule has 0 aliphatic heterocycles. The average molecular weight is 505 g/mol. The van der Waals surface area contributed by atoms with E-state index in [-0.39, 0.29) is 5.82 Å². The number of aryl methyl sites for hydroxylation is 4. The highest BCUT2D eigenvalue weighted by atomic mass is 19.1. The van der Waals surface area contributed by atoms with Gasteiger partial charge in [-0.05, 0) is 84.4 Å². The number of unbranched alkanes of at least 4 members (excludes halogenated alkanes) is 5. The molecule has 0 atom stereocenters. The normalized spacial score (nSPS) is 10.9. The van der Waals surface area contributed by atoms with Gasteiger partial charge in [-0.3, -0.25) is 0 Å². The third kappa shape index (κ3) is 8.06. The Morgan fingerprint density at radius 1 is 0.526 bits per heavy atom. The standard InChI is InChI=1S/C37H41F/c1-3-5-7-8-9-11-30-14-16-31(17-15-30)20-21-33-23-27-36-35(28-33)26-25-34(37(36)38)24-22-32-18-12-29(13-19-32)10-6-4-2/h12-19,23,25-28H,3-11,20-21H2,1-2H3. The quantitative estimate of drug-likeness (QED) is 0.133. The van der Waals surface area contributed by atoms with Crippen molar-refractivity contribution in [3.8, 4) is 11.8 Å². The van der Waals surface area contributed by atoms with Gasteiger partial charge in [-0.2, -0.15) is 0 Å². The Balaban J connectivity index is 1.35. The van der Waals surface area contributed by atoms with Crippen molar-refractivity contribution in [2.24, 2.45) is 0 Å². The molecule has 0 aromatic heterocycles. The van der Waals surface area contributed by atoms with Crippen LogP contribution < -0.4 is 0 Å². The van der Waals surface area contributed by atoms with Crippen LogP contribution in [0.15, 0.2) is 78.9 Å². The summed E-state index contributed by atoms with van der Waals surface area (Å²) in [6.45, 7) is 4.46. The molecule has 0 nitrogen and oxygen atoms in total. The summed E-state index contributed by atoms with van der Waals surface area (Å²) < 4.78 is 15.2. The maximum absolute atomic E-state index is 15.2. The smallest absolute Gasteiger partial charge is 0.146 e. The highest BCUT2D eigenvalue weighted by Crippen LogP contribution is 2.23. The van der Waals surface area contributed by atoms with Crippen molar-refractivity contribution in [2.45, 2.75) is 84.5 Å². The molecule has 0 saturated heterocycles. The molecule has 0 unspecified atom stereocenters. The van der Waals surface area contributed by atoms with Crippen LogP contribution in [0.25, 0.3) is 10.8 Å². The van der Waals surface area contributed by atoms with Crippen molar-refractivity contribution in [2.75, 3.05) is 0 Å². The lowest BCUT2D eigenvalue weighted by Crippen LogP contribution is -1.94. The molecular formula is C37H41F. The van der Waals surface area contributed by atoms with Crippen LogP contribution in [0, 0.1) is 17.7 Å². The fourth-order valence-electron chi connectivity index (χ4n) is 4.96. The van der Waals surface area contributed by atoms with Crippen molar-refractivity contribution in [3.63, 3.8) is 0 Å². The molecule has 4 aromatic rings. The second-order valence-electron chi connectivity index (χ2n) is 10.5. The fourth-order valence-corrected chi connectivity index (χ4v) is 4.96. The third-order valence-corrected chi connectivity index (χ3v) is 7.43. The minimum Gasteiger partial charge on any atom is -0.205 e. The molecule has 0 radical (unpaired) electrons. The summed E-state index contributed by atoms with van der Waals surface area (Å²) >= 11 is 0. The summed E-state index contributed by atoms with van der Waals surface area (Å²) in [4.78, 5) is 0. The molecule has 4 rings (SSSR count).